The van der Waals surface area contributed by atoms with E-state index in [0.29, 0.717) is 18.4 Å². The molecule has 2 atom stereocenters. The maximum atomic E-state index is 6.11. The minimum atomic E-state index is 0. The standard InChI is InChI=1S/C22H32N4OS.HI/c1-4-23-22(25-14-20-26-19(15-28-20)16(2)3)24-13-18-11-8-12-27-21(18)17-9-6-5-7-10-17;/h5-7,9-10,15-16,18,21H,4,8,11-14H2,1-3H3,(H2,23,24,25);1H. The first-order chi connectivity index (χ1) is 13.7. The number of hydrogen-bond acceptors (Lipinski definition) is 4. The molecule has 0 spiro atoms. The number of aromatic nitrogens is 1. The van der Waals surface area contributed by atoms with Gasteiger partial charge in [0.05, 0.1) is 18.3 Å². The molecule has 29 heavy (non-hydrogen) atoms. The van der Waals surface area contributed by atoms with Crippen LogP contribution in [0.15, 0.2) is 40.7 Å². The average Bonchev–Trinajstić information content (AvgIpc) is 3.20. The number of ether oxygens (including phenoxy) is 1. The quantitative estimate of drug-likeness (QED) is 0.298. The second kappa shape index (κ2) is 12.5. The molecule has 1 aliphatic rings. The van der Waals surface area contributed by atoms with Crippen molar-refractivity contribution in [3.8, 4) is 0 Å². The fourth-order valence-corrected chi connectivity index (χ4v) is 4.32. The topological polar surface area (TPSA) is 58.5 Å². The van der Waals surface area contributed by atoms with Crippen LogP contribution in [-0.4, -0.2) is 30.6 Å². The zero-order valence-corrected chi connectivity index (χ0v) is 20.7. The van der Waals surface area contributed by atoms with Gasteiger partial charge in [0, 0.05) is 31.0 Å². The van der Waals surface area contributed by atoms with Crippen molar-refractivity contribution in [2.75, 3.05) is 19.7 Å². The van der Waals surface area contributed by atoms with Gasteiger partial charge in [-0.15, -0.1) is 35.3 Å². The summed E-state index contributed by atoms with van der Waals surface area (Å²) in [7, 11) is 0. The van der Waals surface area contributed by atoms with Crippen molar-refractivity contribution in [3.05, 3.63) is 52.0 Å². The third kappa shape index (κ3) is 7.22. The number of halogens is 1. The summed E-state index contributed by atoms with van der Waals surface area (Å²) in [6, 6.07) is 10.6. The van der Waals surface area contributed by atoms with Gasteiger partial charge in [-0.05, 0) is 31.2 Å². The summed E-state index contributed by atoms with van der Waals surface area (Å²) in [6.45, 7) is 9.56. The summed E-state index contributed by atoms with van der Waals surface area (Å²) in [5.74, 6) is 1.75. The van der Waals surface area contributed by atoms with Gasteiger partial charge >= 0.3 is 0 Å². The van der Waals surface area contributed by atoms with Gasteiger partial charge in [-0.3, -0.25) is 0 Å². The highest BCUT2D eigenvalue weighted by Crippen LogP contribution is 2.33. The van der Waals surface area contributed by atoms with E-state index in [1.807, 2.05) is 0 Å². The Morgan fingerprint density at radius 1 is 1.28 bits per heavy atom. The molecule has 0 radical (unpaired) electrons. The Balaban J connectivity index is 0.00000300. The molecule has 0 saturated carbocycles. The van der Waals surface area contributed by atoms with Crippen LogP contribution in [0.2, 0.25) is 0 Å². The van der Waals surface area contributed by atoms with Crippen molar-refractivity contribution in [3.63, 3.8) is 0 Å². The average molecular weight is 529 g/mol. The summed E-state index contributed by atoms with van der Waals surface area (Å²) in [6.07, 6.45) is 2.43. The Kier molecular flexibility index (Phi) is 10.4. The minimum absolute atomic E-state index is 0. The predicted molar refractivity (Wildman–Crippen MR) is 132 cm³/mol. The van der Waals surface area contributed by atoms with Crippen LogP contribution in [0.3, 0.4) is 0 Å². The van der Waals surface area contributed by atoms with Crippen LogP contribution in [0.4, 0.5) is 0 Å². The molecule has 3 rings (SSSR count). The molecule has 0 aliphatic carbocycles. The van der Waals surface area contributed by atoms with Crippen LogP contribution in [0.25, 0.3) is 0 Å². The van der Waals surface area contributed by atoms with E-state index in [1.165, 1.54) is 5.56 Å². The number of aliphatic imine (C=N–C) groups is 1. The number of hydrogen-bond donors (Lipinski definition) is 2. The molecular formula is C22H33IN4OS. The predicted octanol–water partition coefficient (Wildman–Crippen LogP) is 5.11. The summed E-state index contributed by atoms with van der Waals surface area (Å²) in [5.41, 5.74) is 2.41. The van der Waals surface area contributed by atoms with E-state index in [-0.39, 0.29) is 30.1 Å². The summed E-state index contributed by atoms with van der Waals surface area (Å²) < 4.78 is 6.11. The number of nitrogens with zero attached hydrogens (tertiary/aromatic N) is 2. The fraction of sp³-hybridized carbons (Fsp3) is 0.545. The third-order valence-electron chi connectivity index (χ3n) is 4.98. The molecule has 0 bridgehead atoms. The number of guanidine groups is 1. The maximum absolute atomic E-state index is 6.11. The van der Waals surface area contributed by atoms with Crippen LogP contribution < -0.4 is 10.6 Å². The molecule has 1 fully saturated rings. The second-order valence-electron chi connectivity index (χ2n) is 7.50. The van der Waals surface area contributed by atoms with Gasteiger partial charge in [-0.25, -0.2) is 9.98 Å². The number of nitrogens with one attached hydrogen (secondary N) is 2. The van der Waals surface area contributed by atoms with Gasteiger partial charge in [-0.1, -0.05) is 44.2 Å². The van der Waals surface area contributed by atoms with E-state index >= 15 is 0 Å². The highest BCUT2D eigenvalue weighted by atomic mass is 127. The van der Waals surface area contributed by atoms with E-state index in [4.69, 9.17) is 9.73 Å². The number of thiazole rings is 1. The Morgan fingerprint density at radius 2 is 2.07 bits per heavy atom. The molecule has 5 nitrogen and oxygen atoms in total. The molecule has 2 unspecified atom stereocenters. The normalized spacial score (nSPS) is 19.7. The zero-order valence-electron chi connectivity index (χ0n) is 17.6. The van der Waals surface area contributed by atoms with Crippen LogP contribution in [0, 0.1) is 5.92 Å². The molecule has 2 heterocycles. The Labute approximate surface area is 195 Å². The minimum Gasteiger partial charge on any atom is -0.373 e. The van der Waals surface area contributed by atoms with Crippen LogP contribution in [0.5, 0.6) is 0 Å². The van der Waals surface area contributed by atoms with Gasteiger partial charge in [0.15, 0.2) is 5.96 Å². The number of benzene rings is 1. The smallest absolute Gasteiger partial charge is 0.191 e. The highest BCUT2D eigenvalue weighted by Gasteiger charge is 2.27. The van der Waals surface area contributed by atoms with Gasteiger partial charge < -0.3 is 15.4 Å². The van der Waals surface area contributed by atoms with Crippen molar-refractivity contribution >= 4 is 41.3 Å². The second-order valence-corrected chi connectivity index (χ2v) is 8.44. The first kappa shape index (κ1) is 24.1. The summed E-state index contributed by atoms with van der Waals surface area (Å²) >= 11 is 1.69. The largest absolute Gasteiger partial charge is 0.373 e. The lowest BCUT2D eigenvalue weighted by atomic mass is 9.89. The Hall–Kier alpha value is -1.19. The lowest BCUT2D eigenvalue weighted by Gasteiger charge is -2.32. The molecule has 2 aromatic rings. The fourth-order valence-electron chi connectivity index (χ4n) is 3.44. The van der Waals surface area contributed by atoms with Gasteiger partial charge in [-0.2, -0.15) is 0 Å². The Morgan fingerprint density at radius 3 is 2.76 bits per heavy atom. The van der Waals surface area contributed by atoms with Crippen LogP contribution in [0.1, 0.15) is 61.9 Å². The summed E-state index contributed by atoms with van der Waals surface area (Å²) in [5, 5.41) is 10.1. The van der Waals surface area contributed by atoms with E-state index < -0.39 is 0 Å². The molecule has 1 saturated heterocycles. The first-order valence-corrected chi connectivity index (χ1v) is 11.2. The summed E-state index contributed by atoms with van der Waals surface area (Å²) in [4.78, 5) is 9.42. The molecule has 2 N–H and O–H groups in total. The van der Waals surface area contributed by atoms with E-state index in [1.54, 1.807) is 11.3 Å². The molecule has 0 amide bonds. The molecule has 1 aliphatic heterocycles. The monoisotopic (exact) mass is 528 g/mol. The molecule has 1 aromatic carbocycles. The third-order valence-corrected chi connectivity index (χ3v) is 5.83. The molecular weight excluding hydrogens is 495 g/mol. The van der Waals surface area contributed by atoms with Crippen LogP contribution >= 0.6 is 35.3 Å². The van der Waals surface area contributed by atoms with Crippen molar-refractivity contribution in [2.24, 2.45) is 10.9 Å². The van der Waals surface area contributed by atoms with Crippen molar-refractivity contribution in [1.29, 1.82) is 0 Å². The van der Waals surface area contributed by atoms with E-state index in [2.05, 4.69) is 72.1 Å². The SMILES string of the molecule is CCNC(=NCc1nc(C(C)C)cs1)NCC1CCCOC1c1ccccc1.I. The van der Waals surface area contributed by atoms with Crippen molar-refractivity contribution in [2.45, 2.75) is 52.2 Å². The van der Waals surface area contributed by atoms with Gasteiger partial charge in [0.2, 0.25) is 0 Å². The lowest BCUT2D eigenvalue weighted by Crippen LogP contribution is -2.42. The van der Waals surface area contributed by atoms with Crippen molar-refractivity contribution in [1.82, 2.24) is 15.6 Å². The molecule has 7 heteroatoms. The first-order valence-electron chi connectivity index (χ1n) is 10.3. The van der Waals surface area contributed by atoms with Crippen LogP contribution in [-0.2, 0) is 11.3 Å². The zero-order chi connectivity index (χ0) is 19.8. The van der Waals surface area contributed by atoms with E-state index in [0.717, 1.165) is 49.2 Å². The van der Waals surface area contributed by atoms with Crippen molar-refractivity contribution < 1.29 is 4.74 Å². The number of rotatable bonds is 7. The lowest BCUT2D eigenvalue weighted by molar-refractivity contribution is -0.0265. The maximum Gasteiger partial charge on any atom is 0.191 e. The van der Waals surface area contributed by atoms with E-state index in [9.17, 15) is 0 Å². The van der Waals surface area contributed by atoms with Gasteiger partial charge in [0.25, 0.3) is 0 Å². The molecule has 1 aromatic heterocycles. The molecule has 160 valence electrons. The van der Waals surface area contributed by atoms with Gasteiger partial charge in [0.1, 0.15) is 5.01 Å². The highest BCUT2D eigenvalue weighted by molar-refractivity contribution is 14.0. The Bertz CT molecular complexity index is 750.